The Balaban J connectivity index is 1.61. The van der Waals surface area contributed by atoms with Gasteiger partial charge in [0.2, 0.25) is 35.4 Å². The van der Waals surface area contributed by atoms with Gasteiger partial charge in [-0.25, -0.2) is 4.98 Å². The van der Waals surface area contributed by atoms with Crippen LogP contribution in [0, 0.1) is 3.57 Å². The lowest BCUT2D eigenvalue weighted by Crippen LogP contribution is -2.60. The number of aromatic amines is 1. The van der Waals surface area contributed by atoms with Gasteiger partial charge in [-0.2, -0.15) is 0 Å². The topological polar surface area (TPSA) is 222 Å². The quantitative estimate of drug-likeness (QED) is 0.123. The number of carbonyl (C=O) groups is 6. The number of halogens is 1. The van der Waals surface area contributed by atoms with E-state index in [-0.39, 0.29) is 38.6 Å². The fourth-order valence-electron chi connectivity index (χ4n) is 5.44. The maximum Gasteiger partial charge on any atom is 0.246 e. The summed E-state index contributed by atoms with van der Waals surface area (Å²) in [6.07, 6.45) is 2.85. The van der Waals surface area contributed by atoms with Crippen molar-refractivity contribution in [3.8, 4) is 0 Å². The van der Waals surface area contributed by atoms with Gasteiger partial charge in [-0.1, -0.05) is 36.4 Å². The number of nitrogens with two attached hydrogens (primary N) is 2. The first-order valence-corrected chi connectivity index (χ1v) is 16.0. The summed E-state index contributed by atoms with van der Waals surface area (Å²) < 4.78 is 0.970. The van der Waals surface area contributed by atoms with E-state index in [1.807, 2.05) is 48.5 Å². The normalized spacial score (nSPS) is 15.8. The van der Waals surface area contributed by atoms with Gasteiger partial charge in [0, 0.05) is 54.6 Å². The van der Waals surface area contributed by atoms with Crippen molar-refractivity contribution in [2.24, 2.45) is 11.5 Å². The maximum absolute atomic E-state index is 14.2. The van der Waals surface area contributed by atoms with Gasteiger partial charge in [-0.15, -0.1) is 0 Å². The number of imidazole rings is 1. The van der Waals surface area contributed by atoms with Crippen molar-refractivity contribution in [2.45, 2.75) is 69.7 Å². The van der Waals surface area contributed by atoms with Gasteiger partial charge in [-0.3, -0.25) is 28.8 Å². The molecule has 0 radical (unpaired) electrons. The predicted molar refractivity (Wildman–Crippen MR) is 179 cm³/mol. The number of fused-ring (bicyclic) bond motifs is 1. The molecule has 47 heavy (non-hydrogen) atoms. The summed E-state index contributed by atoms with van der Waals surface area (Å²) in [5, 5.41) is 7.94. The Labute approximate surface area is 284 Å². The number of rotatable bonds is 14. The van der Waals surface area contributed by atoms with Crippen LogP contribution in [0.25, 0.3) is 0 Å². The van der Waals surface area contributed by atoms with Gasteiger partial charge in [0.05, 0.1) is 6.33 Å². The highest BCUT2D eigenvalue weighted by Crippen LogP contribution is 2.25. The standard InChI is InChI=1S/C32H37IN8O6/c1-18(42)38-25(14-23-15-36-17-37-23)31(46)39-24(10-11-28(34)43)30(45)40-26(12-19-6-8-22(33)9-7-19)32(47)41-16-21-5-3-2-4-20(21)13-27(41)29(35)44/h2-9,15,17,24-27H,10-14,16H2,1H3,(H2,34,43)(H2,35,44)(H,36,37)(H,38,42)(H,39,46)(H,40,45)/t24-,25-,26+,27-/m0/s1. The van der Waals surface area contributed by atoms with E-state index in [0.29, 0.717) is 5.69 Å². The molecule has 0 saturated carbocycles. The largest absolute Gasteiger partial charge is 0.370 e. The third-order valence-corrected chi connectivity index (χ3v) is 8.53. The Kier molecular flexibility index (Phi) is 12.1. The van der Waals surface area contributed by atoms with Crippen LogP contribution in [0.1, 0.15) is 42.1 Å². The Morgan fingerprint density at radius 1 is 0.915 bits per heavy atom. The van der Waals surface area contributed by atoms with E-state index in [4.69, 9.17) is 11.5 Å². The van der Waals surface area contributed by atoms with Crippen LogP contribution in [0.3, 0.4) is 0 Å². The first-order chi connectivity index (χ1) is 22.4. The van der Waals surface area contributed by atoms with Gasteiger partial charge >= 0.3 is 0 Å². The SMILES string of the molecule is CC(=O)N[C@@H](Cc1cnc[nH]1)C(=O)N[C@@H](CCC(N)=O)C(=O)N[C@H](Cc1ccc(I)cc1)C(=O)N1Cc2ccccc2C[C@H]1C(N)=O. The van der Waals surface area contributed by atoms with E-state index >= 15 is 0 Å². The number of nitrogens with one attached hydrogen (secondary N) is 4. The van der Waals surface area contributed by atoms with Gasteiger partial charge < -0.3 is 37.3 Å². The predicted octanol–water partition coefficient (Wildman–Crippen LogP) is -0.0219. The summed E-state index contributed by atoms with van der Waals surface area (Å²) in [6.45, 7) is 1.36. The van der Waals surface area contributed by atoms with E-state index in [2.05, 4.69) is 48.5 Å². The molecular formula is C32H37IN8O6. The van der Waals surface area contributed by atoms with E-state index in [0.717, 1.165) is 20.3 Å². The van der Waals surface area contributed by atoms with Gasteiger partial charge in [0.25, 0.3) is 0 Å². The molecule has 14 nitrogen and oxygen atoms in total. The molecule has 6 amide bonds. The number of benzene rings is 2. The Morgan fingerprint density at radius 3 is 2.19 bits per heavy atom. The molecule has 0 unspecified atom stereocenters. The van der Waals surface area contributed by atoms with Gasteiger partial charge in [0.15, 0.2) is 0 Å². The molecule has 15 heteroatoms. The number of H-pyrrole nitrogens is 1. The van der Waals surface area contributed by atoms with Crippen molar-refractivity contribution in [2.75, 3.05) is 0 Å². The lowest BCUT2D eigenvalue weighted by molar-refractivity contribution is -0.144. The fourth-order valence-corrected chi connectivity index (χ4v) is 5.80. The molecule has 4 rings (SSSR count). The van der Waals surface area contributed by atoms with E-state index in [1.165, 1.54) is 24.3 Å². The highest BCUT2D eigenvalue weighted by molar-refractivity contribution is 14.1. The zero-order valence-corrected chi connectivity index (χ0v) is 27.9. The first-order valence-electron chi connectivity index (χ1n) is 15.0. The molecule has 0 saturated heterocycles. The first kappa shape index (κ1) is 35.1. The van der Waals surface area contributed by atoms with Crippen LogP contribution >= 0.6 is 22.6 Å². The van der Waals surface area contributed by atoms with Crippen molar-refractivity contribution in [3.63, 3.8) is 0 Å². The Bertz CT molecular complexity index is 1610. The minimum Gasteiger partial charge on any atom is -0.370 e. The van der Waals surface area contributed by atoms with Crippen LogP contribution in [0.4, 0.5) is 0 Å². The Hall–Kier alpha value is -4.80. The summed E-state index contributed by atoms with van der Waals surface area (Å²) in [7, 11) is 0. The molecule has 1 aliphatic heterocycles. The van der Waals surface area contributed by atoms with Crippen LogP contribution in [-0.2, 0) is 54.6 Å². The van der Waals surface area contributed by atoms with Crippen LogP contribution in [0.5, 0.6) is 0 Å². The zero-order valence-electron chi connectivity index (χ0n) is 25.7. The molecule has 0 aliphatic carbocycles. The summed E-state index contributed by atoms with van der Waals surface area (Å²) in [5.74, 6) is -3.83. The van der Waals surface area contributed by atoms with Crippen molar-refractivity contribution in [1.82, 2.24) is 30.8 Å². The average Bonchev–Trinajstić information content (AvgIpc) is 3.55. The van der Waals surface area contributed by atoms with Crippen molar-refractivity contribution in [1.29, 1.82) is 0 Å². The molecule has 248 valence electrons. The number of primary amides is 2. The van der Waals surface area contributed by atoms with E-state index in [1.54, 1.807) is 0 Å². The van der Waals surface area contributed by atoms with Crippen molar-refractivity contribution >= 4 is 58.0 Å². The molecule has 2 aromatic carbocycles. The molecular weight excluding hydrogens is 719 g/mol. The summed E-state index contributed by atoms with van der Waals surface area (Å²) in [4.78, 5) is 85.9. The molecule has 0 spiro atoms. The smallest absolute Gasteiger partial charge is 0.246 e. The summed E-state index contributed by atoms with van der Waals surface area (Å²) in [5.41, 5.74) is 14.2. The van der Waals surface area contributed by atoms with E-state index < -0.39 is 59.6 Å². The second-order valence-corrected chi connectivity index (χ2v) is 12.6. The van der Waals surface area contributed by atoms with Crippen LogP contribution in [0.2, 0.25) is 0 Å². The molecule has 0 bridgehead atoms. The second kappa shape index (κ2) is 16.2. The maximum atomic E-state index is 14.2. The monoisotopic (exact) mass is 756 g/mol. The summed E-state index contributed by atoms with van der Waals surface area (Å²) >= 11 is 2.16. The third-order valence-electron chi connectivity index (χ3n) is 7.81. The van der Waals surface area contributed by atoms with Crippen LogP contribution in [-0.4, -0.2) is 74.5 Å². The van der Waals surface area contributed by atoms with Crippen LogP contribution < -0.4 is 27.4 Å². The number of aromatic nitrogens is 2. The zero-order chi connectivity index (χ0) is 34.1. The minimum atomic E-state index is -1.30. The second-order valence-electron chi connectivity index (χ2n) is 11.3. The lowest BCUT2D eigenvalue weighted by atomic mass is 9.92. The number of carbonyl (C=O) groups excluding carboxylic acids is 6. The number of nitrogens with zero attached hydrogens (tertiary/aromatic N) is 2. The molecule has 8 N–H and O–H groups in total. The van der Waals surface area contributed by atoms with Gasteiger partial charge in [0.1, 0.15) is 24.2 Å². The highest BCUT2D eigenvalue weighted by atomic mass is 127. The van der Waals surface area contributed by atoms with Crippen molar-refractivity contribution < 1.29 is 28.8 Å². The molecule has 1 aliphatic rings. The van der Waals surface area contributed by atoms with Crippen LogP contribution in [0.15, 0.2) is 61.1 Å². The molecule has 0 fully saturated rings. The van der Waals surface area contributed by atoms with E-state index in [9.17, 15) is 28.8 Å². The third kappa shape index (κ3) is 9.84. The fraction of sp³-hybridized carbons (Fsp3) is 0.344. The molecule has 1 aromatic heterocycles. The minimum absolute atomic E-state index is 0.0500. The Morgan fingerprint density at radius 2 is 1.57 bits per heavy atom. The summed E-state index contributed by atoms with van der Waals surface area (Å²) in [6, 6.07) is 10.3. The highest BCUT2D eigenvalue weighted by Gasteiger charge is 2.38. The molecule has 4 atom stereocenters. The molecule has 2 heterocycles. The van der Waals surface area contributed by atoms with Crippen molar-refractivity contribution in [3.05, 3.63) is 87.0 Å². The number of amides is 6. The number of hydrogen-bond acceptors (Lipinski definition) is 7. The number of hydrogen-bond donors (Lipinski definition) is 6. The average molecular weight is 757 g/mol. The lowest BCUT2D eigenvalue weighted by Gasteiger charge is -2.37. The molecule has 3 aromatic rings. The van der Waals surface area contributed by atoms with Gasteiger partial charge in [-0.05, 0) is 57.8 Å².